The number of amides is 1. The Morgan fingerprint density at radius 1 is 1.55 bits per heavy atom. The topological polar surface area (TPSA) is 53.4 Å². The van der Waals surface area contributed by atoms with Crippen LogP contribution in [0.15, 0.2) is 12.3 Å². The molecule has 5 heteroatoms. The molecule has 2 rings (SSSR count). The van der Waals surface area contributed by atoms with Gasteiger partial charge in [0.25, 0.3) is 0 Å². The first-order valence-corrected chi connectivity index (χ1v) is 7.91. The molecule has 0 bridgehead atoms. The molecule has 20 heavy (non-hydrogen) atoms. The second kappa shape index (κ2) is 6.99. The summed E-state index contributed by atoms with van der Waals surface area (Å²) in [6.45, 7) is 2.58. The number of carbonyl (C=O) groups excluding carboxylic acids is 1. The third kappa shape index (κ3) is 4.15. The van der Waals surface area contributed by atoms with Gasteiger partial charge in [-0.1, -0.05) is 12.8 Å². The van der Waals surface area contributed by atoms with Crippen LogP contribution in [0, 0.1) is 12.8 Å². The monoisotopic (exact) mass is 294 g/mol. The molecule has 1 fully saturated rings. The number of hydrogen-bond donors (Lipinski definition) is 1. The Morgan fingerprint density at radius 2 is 2.30 bits per heavy atom. The number of thiazole rings is 1. The van der Waals surface area contributed by atoms with E-state index in [-0.39, 0.29) is 17.9 Å². The molecular weight excluding hydrogens is 272 g/mol. The predicted octanol–water partition coefficient (Wildman–Crippen LogP) is 2.47. The van der Waals surface area contributed by atoms with E-state index in [0.29, 0.717) is 6.54 Å². The van der Waals surface area contributed by atoms with Gasteiger partial charge in [-0.2, -0.15) is 0 Å². The van der Waals surface area contributed by atoms with Crippen LogP contribution in [0.2, 0.25) is 0 Å². The van der Waals surface area contributed by atoms with Crippen molar-refractivity contribution >= 4 is 23.3 Å². The van der Waals surface area contributed by atoms with Gasteiger partial charge < -0.3 is 10.0 Å². The van der Waals surface area contributed by atoms with Crippen LogP contribution < -0.4 is 0 Å². The van der Waals surface area contributed by atoms with Gasteiger partial charge in [-0.15, -0.1) is 11.3 Å². The number of hydrogen-bond acceptors (Lipinski definition) is 4. The number of aromatic nitrogens is 1. The molecule has 0 radical (unpaired) electrons. The van der Waals surface area contributed by atoms with Crippen molar-refractivity contribution in [2.45, 2.75) is 38.7 Å². The summed E-state index contributed by atoms with van der Waals surface area (Å²) in [5, 5.41) is 10.9. The van der Waals surface area contributed by atoms with Crippen LogP contribution in [-0.2, 0) is 4.79 Å². The summed E-state index contributed by atoms with van der Waals surface area (Å²) in [4.78, 5) is 18.9. The molecule has 1 N–H and O–H groups in total. The Balaban J connectivity index is 1.86. The van der Waals surface area contributed by atoms with Crippen LogP contribution in [0.4, 0.5) is 0 Å². The molecule has 0 aromatic carbocycles. The molecule has 1 saturated carbocycles. The van der Waals surface area contributed by atoms with Gasteiger partial charge in [0.1, 0.15) is 0 Å². The lowest BCUT2D eigenvalue weighted by Crippen LogP contribution is -2.37. The van der Waals surface area contributed by atoms with E-state index < -0.39 is 0 Å². The summed E-state index contributed by atoms with van der Waals surface area (Å²) in [7, 11) is 1.80. The van der Waals surface area contributed by atoms with Crippen LogP contribution in [0.3, 0.4) is 0 Å². The van der Waals surface area contributed by atoms with E-state index in [1.165, 1.54) is 0 Å². The Labute approximate surface area is 124 Å². The fourth-order valence-corrected chi connectivity index (χ4v) is 3.27. The van der Waals surface area contributed by atoms with Gasteiger partial charge >= 0.3 is 0 Å². The molecule has 1 aliphatic rings. The average molecular weight is 294 g/mol. The molecule has 4 nitrogen and oxygen atoms in total. The Morgan fingerprint density at radius 3 is 2.95 bits per heavy atom. The first-order valence-electron chi connectivity index (χ1n) is 7.10. The minimum Gasteiger partial charge on any atom is -0.393 e. The Hall–Kier alpha value is -1.20. The number of carbonyl (C=O) groups is 1. The largest absolute Gasteiger partial charge is 0.393 e. The van der Waals surface area contributed by atoms with E-state index in [0.717, 1.165) is 35.6 Å². The van der Waals surface area contributed by atoms with Crippen LogP contribution >= 0.6 is 11.3 Å². The van der Waals surface area contributed by atoms with Crippen LogP contribution in [0.1, 0.15) is 35.6 Å². The third-order valence-corrected chi connectivity index (χ3v) is 4.66. The van der Waals surface area contributed by atoms with E-state index >= 15 is 0 Å². The summed E-state index contributed by atoms with van der Waals surface area (Å²) in [5.74, 6) is 0.200. The van der Waals surface area contributed by atoms with Crippen molar-refractivity contribution in [3.8, 4) is 0 Å². The second-order valence-corrected chi connectivity index (χ2v) is 6.71. The summed E-state index contributed by atoms with van der Waals surface area (Å²) in [5.41, 5.74) is 0. The predicted molar refractivity (Wildman–Crippen MR) is 81.5 cm³/mol. The van der Waals surface area contributed by atoms with Crippen molar-refractivity contribution in [1.29, 1.82) is 0 Å². The summed E-state index contributed by atoms with van der Waals surface area (Å²) in [6, 6.07) is 0. The second-order valence-electron chi connectivity index (χ2n) is 5.45. The number of aryl methyl sites for hydroxylation is 1. The fraction of sp³-hybridized carbons (Fsp3) is 0.600. The fourth-order valence-electron chi connectivity index (χ4n) is 2.58. The van der Waals surface area contributed by atoms with Gasteiger partial charge in [-0.3, -0.25) is 4.79 Å². The van der Waals surface area contributed by atoms with Gasteiger partial charge in [-0.25, -0.2) is 4.98 Å². The molecule has 110 valence electrons. The van der Waals surface area contributed by atoms with Crippen LogP contribution in [0.25, 0.3) is 6.08 Å². The highest BCUT2D eigenvalue weighted by molar-refractivity contribution is 7.12. The van der Waals surface area contributed by atoms with Crippen molar-refractivity contribution in [1.82, 2.24) is 9.88 Å². The molecular formula is C15H22N2O2S. The molecule has 0 saturated heterocycles. The molecule has 2 atom stereocenters. The quantitative estimate of drug-likeness (QED) is 0.868. The molecule has 1 aliphatic carbocycles. The van der Waals surface area contributed by atoms with Gasteiger partial charge in [0, 0.05) is 36.7 Å². The average Bonchev–Trinajstić information content (AvgIpc) is 2.84. The standard InChI is InChI=1S/C15H22N2O2S/c1-11-16-9-13(20-11)7-8-15(19)17(2)10-12-5-3-4-6-14(12)18/h7-9,12,14,18H,3-6,10H2,1-2H3/b8-7+. The smallest absolute Gasteiger partial charge is 0.246 e. The third-order valence-electron chi connectivity index (χ3n) is 3.78. The maximum Gasteiger partial charge on any atom is 0.246 e. The summed E-state index contributed by atoms with van der Waals surface area (Å²) >= 11 is 1.57. The summed E-state index contributed by atoms with van der Waals surface area (Å²) < 4.78 is 0. The number of rotatable bonds is 4. The van der Waals surface area contributed by atoms with E-state index in [4.69, 9.17) is 0 Å². The van der Waals surface area contributed by atoms with Gasteiger partial charge in [-0.05, 0) is 25.8 Å². The molecule has 1 amide bonds. The number of likely N-dealkylation sites (N-methyl/N-ethyl adjacent to an activating group) is 1. The zero-order valence-electron chi connectivity index (χ0n) is 12.1. The Bertz CT molecular complexity index is 484. The van der Waals surface area contributed by atoms with E-state index in [1.54, 1.807) is 41.6 Å². The minimum atomic E-state index is -0.257. The molecule has 1 heterocycles. The number of aliphatic hydroxyl groups is 1. The number of aliphatic hydroxyl groups excluding tert-OH is 1. The molecule has 1 aromatic heterocycles. The lowest BCUT2D eigenvalue weighted by Gasteiger charge is -2.30. The zero-order chi connectivity index (χ0) is 14.5. The molecule has 2 unspecified atom stereocenters. The van der Waals surface area contributed by atoms with Gasteiger partial charge in [0.05, 0.1) is 11.1 Å². The molecule has 0 aliphatic heterocycles. The maximum absolute atomic E-state index is 12.0. The maximum atomic E-state index is 12.0. The first kappa shape index (κ1) is 15.2. The van der Waals surface area contributed by atoms with Crippen molar-refractivity contribution < 1.29 is 9.90 Å². The van der Waals surface area contributed by atoms with Crippen molar-refractivity contribution in [3.63, 3.8) is 0 Å². The van der Waals surface area contributed by atoms with E-state index in [9.17, 15) is 9.90 Å². The van der Waals surface area contributed by atoms with Crippen molar-refractivity contribution in [3.05, 3.63) is 22.2 Å². The highest BCUT2D eigenvalue weighted by Crippen LogP contribution is 2.25. The Kier molecular flexibility index (Phi) is 5.31. The highest BCUT2D eigenvalue weighted by atomic mass is 32.1. The van der Waals surface area contributed by atoms with Gasteiger partial charge in [0.15, 0.2) is 0 Å². The minimum absolute atomic E-state index is 0.0196. The lowest BCUT2D eigenvalue weighted by molar-refractivity contribution is -0.126. The zero-order valence-corrected chi connectivity index (χ0v) is 12.9. The molecule has 1 aromatic rings. The van der Waals surface area contributed by atoms with Crippen LogP contribution in [-0.4, -0.2) is 40.6 Å². The summed E-state index contributed by atoms with van der Waals surface area (Å²) in [6.07, 6.45) is 9.03. The van der Waals surface area contributed by atoms with Gasteiger partial charge in [0.2, 0.25) is 5.91 Å². The van der Waals surface area contributed by atoms with Crippen LogP contribution in [0.5, 0.6) is 0 Å². The van der Waals surface area contributed by atoms with Crippen molar-refractivity contribution in [2.24, 2.45) is 5.92 Å². The number of nitrogens with zero attached hydrogens (tertiary/aromatic N) is 2. The van der Waals surface area contributed by atoms with E-state index in [1.807, 2.05) is 6.92 Å². The SMILES string of the molecule is Cc1ncc(/C=C/C(=O)N(C)CC2CCCCC2O)s1. The van der Waals surface area contributed by atoms with Crippen molar-refractivity contribution in [2.75, 3.05) is 13.6 Å². The van der Waals surface area contributed by atoms with E-state index in [2.05, 4.69) is 4.98 Å². The first-order chi connectivity index (χ1) is 9.56. The molecule has 0 spiro atoms. The lowest BCUT2D eigenvalue weighted by atomic mass is 9.86. The normalized spacial score (nSPS) is 23.1. The highest BCUT2D eigenvalue weighted by Gasteiger charge is 2.24.